The normalized spacial score (nSPS) is 16.7. The van der Waals surface area contributed by atoms with Gasteiger partial charge in [0.15, 0.2) is 0 Å². The molecule has 0 unspecified atom stereocenters. The minimum absolute atomic E-state index is 0.177. The molecule has 3 rings (SSSR count). The zero-order valence-electron chi connectivity index (χ0n) is 15.3. The standard InChI is InChI=1S/C20H25FN2O2S/c1-16-7-8-17(2)20(15-16)26(24,25)23-13-11-22(12-14-23)10-9-18-5-3-4-6-19(18)21/h3-8,15H,9-14H2,1-2H3. The molecule has 140 valence electrons. The fourth-order valence-electron chi connectivity index (χ4n) is 3.30. The summed E-state index contributed by atoms with van der Waals surface area (Å²) in [5, 5.41) is 0. The maximum absolute atomic E-state index is 13.7. The summed E-state index contributed by atoms with van der Waals surface area (Å²) in [4.78, 5) is 2.60. The van der Waals surface area contributed by atoms with Gasteiger partial charge in [0, 0.05) is 32.7 Å². The van der Waals surface area contributed by atoms with Gasteiger partial charge < -0.3 is 4.90 Å². The van der Waals surface area contributed by atoms with Gasteiger partial charge >= 0.3 is 0 Å². The van der Waals surface area contributed by atoms with Crippen LogP contribution in [0.4, 0.5) is 4.39 Å². The van der Waals surface area contributed by atoms with E-state index in [-0.39, 0.29) is 5.82 Å². The van der Waals surface area contributed by atoms with Crippen molar-refractivity contribution in [1.82, 2.24) is 9.21 Å². The molecule has 0 aliphatic carbocycles. The Kier molecular flexibility index (Phi) is 5.75. The van der Waals surface area contributed by atoms with Gasteiger partial charge in [-0.2, -0.15) is 4.31 Å². The molecule has 26 heavy (non-hydrogen) atoms. The number of sulfonamides is 1. The van der Waals surface area contributed by atoms with E-state index in [0.717, 1.165) is 17.7 Å². The third-order valence-electron chi connectivity index (χ3n) is 4.95. The molecule has 0 bridgehead atoms. The van der Waals surface area contributed by atoms with Crippen molar-refractivity contribution < 1.29 is 12.8 Å². The Labute approximate surface area is 155 Å². The Balaban J connectivity index is 1.61. The maximum Gasteiger partial charge on any atom is 0.243 e. The summed E-state index contributed by atoms with van der Waals surface area (Å²) < 4.78 is 41.2. The minimum atomic E-state index is -3.47. The molecule has 0 spiro atoms. The van der Waals surface area contributed by atoms with Crippen LogP contribution < -0.4 is 0 Å². The Morgan fingerprint density at radius 1 is 1.00 bits per heavy atom. The fraction of sp³-hybridized carbons (Fsp3) is 0.400. The number of aryl methyl sites for hydroxylation is 2. The SMILES string of the molecule is Cc1ccc(C)c(S(=O)(=O)N2CCN(CCc3ccccc3F)CC2)c1. The summed E-state index contributed by atoms with van der Waals surface area (Å²) in [7, 11) is -3.47. The largest absolute Gasteiger partial charge is 0.300 e. The van der Waals surface area contributed by atoms with Crippen LogP contribution in [0.15, 0.2) is 47.4 Å². The van der Waals surface area contributed by atoms with E-state index in [4.69, 9.17) is 0 Å². The summed E-state index contributed by atoms with van der Waals surface area (Å²) in [5.74, 6) is -0.177. The first kappa shape index (κ1) is 19.0. The van der Waals surface area contributed by atoms with Gasteiger partial charge in [-0.25, -0.2) is 12.8 Å². The molecule has 1 heterocycles. The van der Waals surface area contributed by atoms with Crippen molar-refractivity contribution in [1.29, 1.82) is 0 Å². The van der Waals surface area contributed by atoms with Crippen molar-refractivity contribution in [3.63, 3.8) is 0 Å². The molecule has 4 nitrogen and oxygen atoms in total. The van der Waals surface area contributed by atoms with E-state index >= 15 is 0 Å². The zero-order valence-corrected chi connectivity index (χ0v) is 16.1. The van der Waals surface area contributed by atoms with Gasteiger partial charge in [0.25, 0.3) is 0 Å². The highest BCUT2D eigenvalue weighted by Crippen LogP contribution is 2.22. The molecule has 1 fully saturated rings. The van der Waals surface area contributed by atoms with Gasteiger partial charge in [-0.15, -0.1) is 0 Å². The van der Waals surface area contributed by atoms with Crippen molar-refractivity contribution in [2.24, 2.45) is 0 Å². The average molecular weight is 376 g/mol. The highest BCUT2D eigenvalue weighted by atomic mass is 32.2. The van der Waals surface area contributed by atoms with E-state index in [2.05, 4.69) is 4.90 Å². The lowest BCUT2D eigenvalue weighted by Crippen LogP contribution is -2.49. The second-order valence-electron chi connectivity index (χ2n) is 6.86. The Morgan fingerprint density at radius 3 is 2.38 bits per heavy atom. The first-order chi connectivity index (χ1) is 12.4. The van der Waals surface area contributed by atoms with Crippen molar-refractivity contribution in [3.05, 3.63) is 65.0 Å². The molecular weight excluding hydrogens is 351 g/mol. The number of benzene rings is 2. The summed E-state index contributed by atoms with van der Waals surface area (Å²) in [6.07, 6.45) is 0.635. The smallest absolute Gasteiger partial charge is 0.243 e. The molecule has 0 N–H and O–H groups in total. The van der Waals surface area contributed by atoms with Gasteiger partial charge in [-0.1, -0.05) is 30.3 Å². The number of nitrogens with zero attached hydrogens (tertiary/aromatic N) is 2. The lowest BCUT2D eigenvalue weighted by molar-refractivity contribution is 0.189. The number of halogens is 1. The van der Waals surface area contributed by atoms with Gasteiger partial charge in [0.05, 0.1) is 4.90 Å². The molecule has 1 saturated heterocycles. The predicted octanol–water partition coefficient (Wildman–Crippen LogP) is 2.99. The van der Waals surface area contributed by atoms with Crippen LogP contribution in [0.2, 0.25) is 0 Å². The third kappa shape index (κ3) is 4.14. The van der Waals surface area contributed by atoms with Crippen molar-refractivity contribution in [2.75, 3.05) is 32.7 Å². The number of piperazine rings is 1. The molecular formula is C20H25FN2O2S. The van der Waals surface area contributed by atoms with Crippen LogP contribution in [0.25, 0.3) is 0 Å². The Hall–Kier alpha value is -1.76. The molecule has 1 aliphatic heterocycles. The van der Waals surface area contributed by atoms with E-state index in [1.54, 1.807) is 22.5 Å². The number of rotatable bonds is 5. The van der Waals surface area contributed by atoms with Crippen LogP contribution in [0.5, 0.6) is 0 Å². The summed E-state index contributed by atoms with van der Waals surface area (Å²) in [6.45, 7) is 6.73. The van der Waals surface area contributed by atoms with Crippen LogP contribution in [0.1, 0.15) is 16.7 Å². The first-order valence-electron chi connectivity index (χ1n) is 8.91. The van der Waals surface area contributed by atoms with E-state index in [1.807, 2.05) is 32.0 Å². The zero-order chi connectivity index (χ0) is 18.7. The van der Waals surface area contributed by atoms with Crippen molar-refractivity contribution in [3.8, 4) is 0 Å². The van der Waals surface area contributed by atoms with E-state index < -0.39 is 10.0 Å². The van der Waals surface area contributed by atoms with E-state index in [9.17, 15) is 12.8 Å². The van der Waals surface area contributed by atoms with E-state index in [0.29, 0.717) is 43.1 Å². The molecule has 0 atom stereocenters. The topological polar surface area (TPSA) is 40.6 Å². The highest BCUT2D eigenvalue weighted by molar-refractivity contribution is 7.89. The van der Waals surface area contributed by atoms with Crippen molar-refractivity contribution >= 4 is 10.0 Å². The summed E-state index contributed by atoms with van der Waals surface area (Å²) in [6, 6.07) is 12.3. The lowest BCUT2D eigenvalue weighted by Gasteiger charge is -2.34. The number of hydrogen-bond acceptors (Lipinski definition) is 3. The quantitative estimate of drug-likeness (QED) is 0.806. The molecule has 2 aromatic carbocycles. The van der Waals surface area contributed by atoms with Crippen LogP contribution in [0, 0.1) is 19.7 Å². The molecule has 0 radical (unpaired) electrons. The molecule has 6 heteroatoms. The van der Waals surface area contributed by atoms with Crippen LogP contribution >= 0.6 is 0 Å². The van der Waals surface area contributed by atoms with Gasteiger partial charge in [0.2, 0.25) is 10.0 Å². The maximum atomic E-state index is 13.7. The lowest BCUT2D eigenvalue weighted by atomic mass is 10.1. The number of hydrogen-bond donors (Lipinski definition) is 0. The Bertz CT molecular complexity index is 875. The van der Waals surface area contributed by atoms with Crippen LogP contribution in [-0.4, -0.2) is 50.3 Å². The van der Waals surface area contributed by atoms with Gasteiger partial charge in [-0.05, 0) is 49.1 Å². The minimum Gasteiger partial charge on any atom is -0.300 e. The molecule has 0 aromatic heterocycles. The first-order valence-corrected chi connectivity index (χ1v) is 10.3. The second kappa shape index (κ2) is 7.86. The second-order valence-corrected chi connectivity index (χ2v) is 8.76. The van der Waals surface area contributed by atoms with E-state index in [1.165, 1.54) is 6.07 Å². The molecule has 2 aromatic rings. The molecule has 0 saturated carbocycles. The fourth-order valence-corrected chi connectivity index (χ4v) is 5.03. The molecule has 1 aliphatic rings. The average Bonchev–Trinajstić information content (AvgIpc) is 2.63. The Morgan fingerprint density at radius 2 is 1.69 bits per heavy atom. The molecule has 0 amide bonds. The monoisotopic (exact) mass is 376 g/mol. The van der Waals surface area contributed by atoms with Crippen LogP contribution in [-0.2, 0) is 16.4 Å². The van der Waals surface area contributed by atoms with Gasteiger partial charge in [-0.3, -0.25) is 0 Å². The van der Waals surface area contributed by atoms with Gasteiger partial charge in [0.1, 0.15) is 5.82 Å². The van der Waals surface area contributed by atoms with Crippen LogP contribution in [0.3, 0.4) is 0 Å². The summed E-state index contributed by atoms with van der Waals surface area (Å²) >= 11 is 0. The predicted molar refractivity (Wildman–Crippen MR) is 101 cm³/mol. The summed E-state index contributed by atoms with van der Waals surface area (Å²) in [5.41, 5.74) is 2.42. The third-order valence-corrected chi connectivity index (χ3v) is 6.99. The highest BCUT2D eigenvalue weighted by Gasteiger charge is 2.29. The van der Waals surface area contributed by atoms with Crippen molar-refractivity contribution in [2.45, 2.75) is 25.2 Å².